The maximum Gasteiger partial charge on any atom is 0.171 e. The molecule has 0 amide bonds. The van der Waals surface area contributed by atoms with E-state index in [0.717, 1.165) is 24.0 Å². The SMILES string of the molecule is C=C(C)C(=O)CNCCC[N+](C)(C)C.[Br-]. The van der Waals surface area contributed by atoms with Gasteiger partial charge in [-0.1, -0.05) is 6.58 Å². The van der Waals surface area contributed by atoms with E-state index in [4.69, 9.17) is 0 Å². The summed E-state index contributed by atoms with van der Waals surface area (Å²) >= 11 is 0. The van der Waals surface area contributed by atoms with E-state index in [-0.39, 0.29) is 22.8 Å². The molecule has 0 saturated heterocycles. The van der Waals surface area contributed by atoms with E-state index in [0.29, 0.717) is 12.1 Å². The minimum Gasteiger partial charge on any atom is -1.00 e. The fourth-order valence-electron chi connectivity index (χ4n) is 1.03. The van der Waals surface area contributed by atoms with Crippen molar-refractivity contribution >= 4 is 5.78 Å². The van der Waals surface area contributed by atoms with Crippen molar-refractivity contribution in [3.05, 3.63) is 12.2 Å². The molecule has 0 aliphatic rings. The van der Waals surface area contributed by atoms with Gasteiger partial charge in [-0.25, -0.2) is 0 Å². The average Bonchev–Trinajstić information content (AvgIpc) is 2.01. The lowest BCUT2D eigenvalue weighted by Gasteiger charge is -2.23. The average molecular weight is 279 g/mol. The third-order valence-corrected chi connectivity index (χ3v) is 1.94. The number of nitrogens with zero attached hydrogens (tertiary/aromatic N) is 1. The molecule has 0 heterocycles. The van der Waals surface area contributed by atoms with Gasteiger partial charge < -0.3 is 26.8 Å². The Labute approximate surface area is 104 Å². The van der Waals surface area contributed by atoms with Crippen LogP contribution in [-0.2, 0) is 4.79 Å². The molecule has 0 fully saturated rings. The highest BCUT2D eigenvalue weighted by molar-refractivity contribution is 5.95. The van der Waals surface area contributed by atoms with Crippen LogP contribution in [0.1, 0.15) is 13.3 Å². The van der Waals surface area contributed by atoms with E-state index >= 15 is 0 Å². The van der Waals surface area contributed by atoms with E-state index < -0.39 is 0 Å². The Morgan fingerprint density at radius 2 is 1.87 bits per heavy atom. The smallest absolute Gasteiger partial charge is 0.171 e. The Morgan fingerprint density at radius 1 is 1.33 bits per heavy atom. The van der Waals surface area contributed by atoms with Gasteiger partial charge in [0.25, 0.3) is 0 Å². The maximum atomic E-state index is 11.1. The number of carbonyl (C=O) groups excluding carboxylic acids is 1. The predicted octanol–water partition coefficient (Wildman–Crippen LogP) is -2.18. The zero-order valence-corrected chi connectivity index (χ0v) is 11.9. The minimum absolute atomic E-state index is 0. The molecule has 0 atom stereocenters. The Morgan fingerprint density at radius 3 is 2.27 bits per heavy atom. The summed E-state index contributed by atoms with van der Waals surface area (Å²) in [7, 11) is 6.50. The molecule has 0 aliphatic carbocycles. The summed E-state index contributed by atoms with van der Waals surface area (Å²) < 4.78 is 0.968. The molecule has 0 aromatic heterocycles. The van der Waals surface area contributed by atoms with Crippen LogP contribution < -0.4 is 22.3 Å². The van der Waals surface area contributed by atoms with Crippen LogP contribution in [0, 0.1) is 0 Å². The zero-order chi connectivity index (χ0) is 11.2. The van der Waals surface area contributed by atoms with Gasteiger partial charge in [0.05, 0.1) is 34.2 Å². The van der Waals surface area contributed by atoms with E-state index in [9.17, 15) is 4.79 Å². The molecule has 0 rings (SSSR count). The highest BCUT2D eigenvalue weighted by Gasteiger charge is 2.06. The zero-order valence-electron chi connectivity index (χ0n) is 10.3. The second-order valence-electron chi connectivity index (χ2n) is 4.75. The molecule has 0 bridgehead atoms. The van der Waals surface area contributed by atoms with E-state index in [1.807, 2.05) is 0 Å². The summed E-state index contributed by atoms with van der Waals surface area (Å²) in [5.74, 6) is 0.107. The van der Waals surface area contributed by atoms with Crippen molar-refractivity contribution in [1.29, 1.82) is 0 Å². The van der Waals surface area contributed by atoms with Crippen molar-refractivity contribution in [3.63, 3.8) is 0 Å². The van der Waals surface area contributed by atoms with Crippen LogP contribution in [-0.4, -0.2) is 51.0 Å². The molecule has 15 heavy (non-hydrogen) atoms. The molecule has 0 spiro atoms. The lowest BCUT2D eigenvalue weighted by molar-refractivity contribution is -0.870. The van der Waals surface area contributed by atoms with Gasteiger partial charge in [0.2, 0.25) is 0 Å². The highest BCUT2D eigenvalue weighted by atomic mass is 79.9. The van der Waals surface area contributed by atoms with Gasteiger partial charge in [-0.15, -0.1) is 0 Å². The van der Waals surface area contributed by atoms with E-state index in [1.165, 1.54) is 0 Å². The molecular weight excluding hydrogens is 256 g/mol. The fourth-order valence-corrected chi connectivity index (χ4v) is 1.03. The molecule has 4 heteroatoms. The van der Waals surface area contributed by atoms with Crippen molar-refractivity contribution in [3.8, 4) is 0 Å². The summed E-state index contributed by atoms with van der Waals surface area (Å²) in [6.45, 7) is 7.79. The molecular formula is C11H23BrN2O. The number of rotatable bonds is 7. The van der Waals surface area contributed by atoms with Gasteiger partial charge >= 0.3 is 0 Å². The van der Waals surface area contributed by atoms with Crippen LogP contribution >= 0.6 is 0 Å². The van der Waals surface area contributed by atoms with Crippen molar-refractivity contribution in [2.45, 2.75) is 13.3 Å². The number of quaternary nitrogens is 1. The second kappa shape index (κ2) is 8.02. The van der Waals surface area contributed by atoms with Crippen molar-refractivity contribution in [2.24, 2.45) is 0 Å². The fraction of sp³-hybridized carbons (Fsp3) is 0.727. The van der Waals surface area contributed by atoms with Crippen molar-refractivity contribution in [1.82, 2.24) is 5.32 Å². The lowest BCUT2D eigenvalue weighted by atomic mass is 10.2. The quantitative estimate of drug-likeness (QED) is 0.326. The number of carbonyl (C=O) groups is 1. The predicted molar refractivity (Wildman–Crippen MR) is 60.2 cm³/mol. The van der Waals surface area contributed by atoms with Gasteiger partial charge in [0.15, 0.2) is 5.78 Å². The first-order valence-corrected chi connectivity index (χ1v) is 5.03. The summed E-state index contributed by atoms with van der Waals surface area (Å²) in [4.78, 5) is 11.1. The summed E-state index contributed by atoms with van der Waals surface area (Å²) in [6.07, 6.45) is 1.09. The monoisotopic (exact) mass is 278 g/mol. The molecule has 3 nitrogen and oxygen atoms in total. The Hall–Kier alpha value is -0.190. The van der Waals surface area contributed by atoms with Crippen LogP contribution in [0.15, 0.2) is 12.2 Å². The van der Waals surface area contributed by atoms with Crippen molar-refractivity contribution < 1.29 is 26.3 Å². The molecule has 0 aromatic rings. The first-order chi connectivity index (χ1) is 6.33. The number of halogens is 1. The second-order valence-corrected chi connectivity index (χ2v) is 4.75. The largest absolute Gasteiger partial charge is 1.00 e. The molecule has 0 saturated carbocycles. The van der Waals surface area contributed by atoms with Crippen LogP contribution in [0.4, 0.5) is 0 Å². The van der Waals surface area contributed by atoms with Gasteiger partial charge in [-0.2, -0.15) is 0 Å². The van der Waals surface area contributed by atoms with Crippen LogP contribution in [0.3, 0.4) is 0 Å². The van der Waals surface area contributed by atoms with Crippen LogP contribution in [0.25, 0.3) is 0 Å². The number of ketones is 1. The van der Waals surface area contributed by atoms with Gasteiger partial charge in [-0.3, -0.25) is 4.79 Å². The normalized spacial score (nSPS) is 10.7. The number of nitrogens with one attached hydrogen (secondary N) is 1. The lowest BCUT2D eigenvalue weighted by Crippen LogP contribution is -3.00. The summed E-state index contributed by atoms with van der Waals surface area (Å²) in [5, 5.41) is 3.12. The molecule has 0 unspecified atom stereocenters. The maximum absolute atomic E-state index is 11.1. The third-order valence-electron chi connectivity index (χ3n) is 1.94. The highest BCUT2D eigenvalue weighted by Crippen LogP contribution is 1.92. The Balaban J connectivity index is 0. The van der Waals surface area contributed by atoms with E-state index in [2.05, 4.69) is 33.0 Å². The molecule has 0 aliphatic heterocycles. The summed E-state index contributed by atoms with van der Waals surface area (Å²) in [5.41, 5.74) is 0.629. The standard InChI is InChI=1S/C11H23N2O.BrH/c1-10(2)11(14)9-12-7-6-8-13(3,4)5;/h12H,1,6-9H2,2-5H3;1H/q+1;/p-1. The first-order valence-electron chi connectivity index (χ1n) is 5.03. The van der Waals surface area contributed by atoms with E-state index in [1.54, 1.807) is 6.92 Å². The molecule has 90 valence electrons. The van der Waals surface area contributed by atoms with Gasteiger partial charge in [-0.05, 0) is 12.5 Å². The first kappa shape index (κ1) is 17.2. The summed E-state index contributed by atoms with van der Waals surface area (Å²) in [6, 6.07) is 0. The number of hydrogen-bond acceptors (Lipinski definition) is 2. The Kier molecular flexibility index (Phi) is 9.20. The van der Waals surface area contributed by atoms with Gasteiger partial charge in [0.1, 0.15) is 0 Å². The Bertz CT molecular complexity index is 209. The van der Waals surface area contributed by atoms with Crippen molar-refractivity contribution in [2.75, 3.05) is 40.8 Å². The number of Topliss-reactive ketones (excluding diaryl/α,β-unsaturated/α-hetero) is 1. The molecule has 0 aromatic carbocycles. The topological polar surface area (TPSA) is 29.1 Å². The number of hydrogen-bond donors (Lipinski definition) is 1. The minimum atomic E-state index is 0. The molecule has 1 N–H and O–H groups in total. The van der Waals surface area contributed by atoms with Crippen LogP contribution in [0.5, 0.6) is 0 Å². The van der Waals surface area contributed by atoms with Crippen LogP contribution in [0.2, 0.25) is 0 Å². The molecule has 0 radical (unpaired) electrons. The van der Waals surface area contributed by atoms with Gasteiger partial charge in [0, 0.05) is 13.0 Å². The third kappa shape index (κ3) is 11.7.